The molecular formula is C25H27N5O2. The third kappa shape index (κ3) is 4.27. The number of fused-ring (bicyclic) bond motifs is 1. The second kappa shape index (κ2) is 9.09. The predicted octanol–water partition coefficient (Wildman–Crippen LogP) is 3.56. The summed E-state index contributed by atoms with van der Waals surface area (Å²) in [5.74, 6) is -0.437. The van der Waals surface area contributed by atoms with Crippen LogP contribution in [0.5, 0.6) is 0 Å². The maximum Gasteiger partial charge on any atom is 0.270 e. The average Bonchev–Trinajstić information content (AvgIpc) is 3.44. The van der Waals surface area contributed by atoms with E-state index in [1.165, 1.54) is 0 Å². The number of hydrogen-bond donors (Lipinski definition) is 3. The number of H-pyrrole nitrogens is 1. The van der Waals surface area contributed by atoms with Crippen LogP contribution in [0.3, 0.4) is 0 Å². The number of amides is 2. The van der Waals surface area contributed by atoms with Crippen LogP contribution in [0.2, 0.25) is 0 Å². The molecule has 3 N–H and O–H groups in total. The minimum absolute atomic E-state index is 0.160. The van der Waals surface area contributed by atoms with Crippen LogP contribution in [-0.4, -0.2) is 39.7 Å². The van der Waals surface area contributed by atoms with Crippen LogP contribution in [0.15, 0.2) is 66.9 Å². The number of para-hydroxylation sites is 2. The number of carbonyl (C=O) groups is 2. The maximum atomic E-state index is 13.3. The van der Waals surface area contributed by atoms with Gasteiger partial charge in [0.2, 0.25) is 5.91 Å². The largest absolute Gasteiger partial charge is 0.361 e. The van der Waals surface area contributed by atoms with Crippen LogP contribution in [-0.2, 0) is 11.2 Å². The summed E-state index contributed by atoms with van der Waals surface area (Å²) in [6.45, 7) is 4.06. The van der Waals surface area contributed by atoms with Crippen molar-refractivity contribution in [3.8, 4) is 5.69 Å². The second-order valence-corrected chi connectivity index (χ2v) is 8.06. The van der Waals surface area contributed by atoms with Crippen LogP contribution in [0.1, 0.15) is 41.5 Å². The number of nitrogens with zero attached hydrogens (tertiary/aromatic N) is 2. The Morgan fingerprint density at radius 1 is 1.06 bits per heavy atom. The number of hydrogen-bond acceptors (Lipinski definition) is 3. The van der Waals surface area contributed by atoms with Gasteiger partial charge < -0.3 is 15.6 Å². The summed E-state index contributed by atoms with van der Waals surface area (Å²) < 4.78 is 1.64. The van der Waals surface area contributed by atoms with Gasteiger partial charge in [0, 0.05) is 30.6 Å². The van der Waals surface area contributed by atoms with Gasteiger partial charge >= 0.3 is 0 Å². The highest BCUT2D eigenvalue weighted by molar-refractivity contribution is 5.97. The number of nitrogens with one attached hydrogen (secondary N) is 3. The van der Waals surface area contributed by atoms with Crippen molar-refractivity contribution in [3.05, 3.63) is 83.8 Å². The minimum Gasteiger partial charge on any atom is -0.361 e. The number of aromatic nitrogens is 3. The number of carbonyl (C=O) groups excluding carboxylic acids is 2. The van der Waals surface area contributed by atoms with Crippen molar-refractivity contribution in [2.45, 2.75) is 32.2 Å². The van der Waals surface area contributed by atoms with E-state index < -0.39 is 6.04 Å². The van der Waals surface area contributed by atoms with Crippen LogP contribution in [0.25, 0.3) is 16.6 Å². The number of rotatable bonds is 7. The highest BCUT2D eigenvalue weighted by atomic mass is 16.2. The Morgan fingerprint density at radius 2 is 1.78 bits per heavy atom. The zero-order chi connectivity index (χ0) is 22.7. The van der Waals surface area contributed by atoms with E-state index in [1.54, 1.807) is 17.8 Å². The van der Waals surface area contributed by atoms with Crippen molar-refractivity contribution in [1.82, 2.24) is 25.4 Å². The summed E-state index contributed by atoms with van der Waals surface area (Å²) in [6, 6.07) is 18.5. The molecule has 0 fully saturated rings. The lowest BCUT2D eigenvalue weighted by Crippen LogP contribution is -2.47. The standard InChI is InChI=1S/C25H27N5O2/c1-16(2)21-14-23(30(29-21)18-9-5-4-6-10-18)25(32)28-22(24(31)26-3)13-17-15-27-20-12-8-7-11-19(17)20/h4-12,14-16,22,27H,13H2,1-3H3,(H,26,31)(H,28,32). The van der Waals surface area contributed by atoms with Gasteiger partial charge in [-0.3, -0.25) is 9.59 Å². The van der Waals surface area contributed by atoms with Crippen LogP contribution >= 0.6 is 0 Å². The maximum absolute atomic E-state index is 13.3. The topological polar surface area (TPSA) is 91.8 Å². The van der Waals surface area contributed by atoms with Gasteiger partial charge in [-0.05, 0) is 35.7 Å². The van der Waals surface area contributed by atoms with E-state index in [-0.39, 0.29) is 17.7 Å². The Hall–Kier alpha value is -3.87. The summed E-state index contributed by atoms with van der Waals surface area (Å²) >= 11 is 0. The molecule has 2 aromatic carbocycles. The highest BCUT2D eigenvalue weighted by Crippen LogP contribution is 2.21. The average molecular weight is 430 g/mol. The first-order valence-electron chi connectivity index (χ1n) is 10.7. The quantitative estimate of drug-likeness (QED) is 0.419. The molecule has 2 aromatic heterocycles. The van der Waals surface area contributed by atoms with Gasteiger partial charge in [-0.25, -0.2) is 4.68 Å². The predicted molar refractivity (Wildman–Crippen MR) is 125 cm³/mol. The monoisotopic (exact) mass is 429 g/mol. The Bertz CT molecular complexity index is 1240. The normalized spacial score (nSPS) is 12.1. The van der Waals surface area contributed by atoms with E-state index in [4.69, 9.17) is 0 Å². The molecule has 0 bridgehead atoms. The van der Waals surface area contributed by atoms with Crippen LogP contribution < -0.4 is 10.6 Å². The number of benzene rings is 2. The second-order valence-electron chi connectivity index (χ2n) is 8.06. The van der Waals surface area contributed by atoms with Crippen molar-refractivity contribution in [1.29, 1.82) is 0 Å². The summed E-state index contributed by atoms with van der Waals surface area (Å²) in [5.41, 5.74) is 3.96. The summed E-state index contributed by atoms with van der Waals surface area (Å²) in [5, 5.41) is 11.3. The highest BCUT2D eigenvalue weighted by Gasteiger charge is 2.25. The molecular weight excluding hydrogens is 402 g/mol. The van der Waals surface area contributed by atoms with Crippen LogP contribution in [0.4, 0.5) is 0 Å². The molecule has 2 amide bonds. The Morgan fingerprint density at radius 3 is 2.50 bits per heavy atom. The molecule has 4 rings (SSSR count). The van der Waals surface area contributed by atoms with Gasteiger partial charge in [0.25, 0.3) is 5.91 Å². The lowest BCUT2D eigenvalue weighted by molar-refractivity contribution is -0.122. The van der Waals surface area contributed by atoms with Gasteiger partial charge in [0.15, 0.2) is 0 Å². The minimum atomic E-state index is -0.728. The zero-order valence-electron chi connectivity index (χ0n) is 18.4. The molecule has 1 atom stereocenters. The van der Waals surface area contributed by atoms with Gasteiger partial charge in [0.1, 0.15) is 11.7 Å². The van der Waals surface area contributed by atoms with Gasteiger partial charge in [-0.15, -0.1) is 0 Å². The molecule has 7 nitrogen and oxygen atoms in total. The molecule has 0 saturated carbocycles. The van der Waals surface area contributed by atoms with E-state index in [2.05, 4.69) is 20.7 Å². The molecule has 0 aliphatic rings. The lowest BCUT2D eigenvalue weighted by atomic mass is 10.0. The fraction of sp³-hybridized carbons (Fsp3) is 0.240. The Labute approximate surface area is 186 Å². The van der Waals surface area contributed by atoms with Crippen molar-refractivity contribution >= 4 is 22.7 Å². The van der Waals surface area contributed by atoms with E-state index in [0.29, 0.717) is 12.1 Å². The third-order valence-corrected chi connectivity index (χ3v) is 5.52. The number of aromatic amines is 1. The van der Waals surface area contributed by atoms with E-state index in [9.17, 15) is 9.59 Å². The summed E-state index contributed by atoms with van der Waals surface area (Å²) in [7, 11) is 1.57. The summed E-state index contributed by atoms with van der Waals surface area (Å²) in [4.78, 5) is 29.2. The smallest absolute Gasteiger partial charge is 0.270 e. The molecule has 164 valence electrons. The van der Waals surface area contributed by atoms with Crippen molar-refractivity contribution < 1.29 is 9.59 Å². The molecule has 0 aliphatic carbocycles. The van der Waals surface area contributed by atoms with Crippen molar-refractivity contribution in [3.63, 3.8) is 0 Å². The van der Waals surface area contributed by atoms with E-state index in [1.807, 2.05) is 74.6 Å². The fourth-order valence-corrected chi connectivity index (χ4v) is 3.75. The first-order chi connectivity index (χ1) is 15.5. The molecule has 2 heterocycles. The molecule has 32 heavy (non-hydrogen) atoms. The molecule has 0 saturated heterocycles. The van der Waals surface area contributed by atoms with E-state index in [0.717, 1.165) is 27.8 Å². The van der Waals surface area contributed by atoms with Gasteiger partial charge in [-0.2, -0.15) is 5.10 Å². The first kappa shape index (κ1) is 21.4. The Balaban J connectivity index is 1.65. The fourth-order valence-electron chi connectivity index (χ4n) is 3.75. The van der Waals surface area contributed by atoms with Crippen molar-refractivity contribution in [2.24, 2.45) is 0 Å². The third-order valence-electron chi connectivity index (χ3n) is 5.52. The Kier molecular flexibility index (Phi) is 6.07. The molecule has 0 aliphatic heterocycles. The first-order valence-corrected chi connectivity index (χ1v) is 10.7. The molecule has 7 heteroatoms. The molecule has 0 radical (unpaired) electrons. The molecule has 1 unspecified atom stereocenters. The SMILES string of the molecule is CNC(=O)C(Cc1c[nH]c2ccccc12)NC(=O)c1cc(C(C)C)nn1-c1ccccc1. The number of likely N-dealkylation sites (N-methyl/N-ethyl adjacent to an activating group) is 1. The lowest BCUT2D eigenvalue weighted by Gasteiger charge is -2.17. The van der Waals surface area contributed by atoms with Crippen molar-refractivity contribution in [2.75, 3.05) is 7.05 Å². The van der Waals surface area contributed by atoms with Gasteiger partial charge in [0.05, 0.1) is 11.4 Å². The van der Waals surface area contributed by atoms with Gasteiger partial charge in [-0.1, -0.05) is 50.2 Å². The summed E-state index contributed by atoms with van der Waals surface area (Å²) in [6.07, 6.45) is 2.25. The van der Waals surface area contributed by atoms with Crippen LogP contribution in [0, 0.1) is 0 Å². The zero-order valence-corrected chi connectivity index (χ0v) is 18.4. The molecule has 4 aromatic rings. The van der Waals surface area contributed by atoms with E-state index >= 15 is 0 Å². The molecule has 0 spiro atoms.